The molecule has 0 aromatic heterocycles. The second kappa shape index (κ2) is 7.80. The van der Waals surface area contributed by atoms with Crippen LogP contribution in [0.4, 0.5) is 5.69 Å². The maximum atomic E-state index is 12.0. The summed E-state index contributed by atoms with van der Waals surface area (Å²) in [7, 11) is 0. The molecule has 0 saturated carbocycles. The van der Waals surface area contributed by atoms with E-state index in [4.69, 9.17) is 23.8 Å². The van der Waals surface area contributed by atoms with Crippen LogP contribution in [-0.2, 0) is 6.42 Å². The third kappa shape index (κ3) is 4.58. The minimum absolute atomic E-state index is 0.0572. The van der Waals surface area contributed by atoms with Crippen LogP contribution in [-0.4, -0.2) is 16.1 Å². The monoisotopic (exact) mass is 349 g/mol. The number of aryl methyl sites for hydroxylation is 1. The van der Waals surface area contributed by atoms with Gasteiger partial charge in [0.1, 0.15) is 5.75 Å². The number of thiocarbonyl (C=S) groups is 1. The number of amides is 1. The number of anilines is 1. The Kier molecular flexibility index (Phi) is 5.78. The van der Waals surface area contributed by atoms with Crippen molar-refractivity contribution in [3.05, 3.63) is 58.6 Å². The summed E-state index contributed by atoms with van der Waals surface area (Å²) in [5.74, 6) is -0.707. The van der Waals surface area contributed by atoms with E-state index < -0.39 is 5.91 Å². The Balaban J connectivity index is 1.96. The van der Waals surface area contributed by atoms with Gasteiger partial charge in [-0.25, -0.2) is 0 Å². The number of carbonyl (C=O) groups is 1. The number of hydrazine groups is 1. The van der Waals surface area contributed by atoms with E-state index in [-0.39, 0.29) is 16.4 Å². The van der Waals surface area contributed by atoms with E-state index in [0.29, 0.717) is 5.02 Å². The van der Waals surface area contributed by atoms with Crippen molar-refractivity contribution in [2.45, 2.75) is 13.3 Å². The molecule has 0 aliphatic heterocycles. The second-order valence-electron chi connectivity index (χ2n) is 4.71. The van der Waals surface area contributed by atoms with Gasteiger partial charge in [0.25, 0.3) is 5.91 Å². The van der Waals surface area contributed by atoms with Crippen molar-refractivity contribution in [3.63, 3.8) is 0 Å². The number of rotatable bonds is 3. The quantitative estimate of drug-likeness (QED) is 0.505. The normalized spacial score (nSPS) is 10.0. The lowest BCUT2D eigenvalue weighted by molar-refractivity contribution is 0.0941. The van der Waals surface area contributed by atoms with E-state index in [2.05, 4.69) is 16.2 Å². The van der Waals surface area contributed by atoms with Crippen LogP contribution in [0.3, 0.4) is 0 Å². The summed E-state index contributed by atoms with van der Waals surface area (Å²) in [4.78, 5) is 12.0. The van der Waals surface area contributed by atoms with Crippen LogP contribution in [0, 0.1) is 0 Å². The Labute approximate surface area is 144 Å². The fourth-order valence-electron chi connectivity index (χ4n) is 1.98. The highest BCUT2D eigenvalue weighted by molar-refractivity contribution is 7.80. The maximum absolute atomic E-state index is 12.0. The number of phenols is 1. The summed E-state index contributed by atoms with van der Waals surface area (Å²) in [6.07, 6.45) is 0.856. The lowest BCUT2D eigenvalue weighted by atomic mass is 10.1. The molecule has 2 aromatic rings. The molecule has 2 aromatic carbocycles. The smallest absolute Gasteiger partial charge is 0.273 e. The van der Waals surface area contributed by atoms with Crippen LogP contribution in [0.1, 0.15) is 22.8 Å². The molecule has 0 radical (unpaired) electrons. The Hall–Kier alpha value is -2.31. The Morgan fingerprint density at radius 3 is 2.70 bits per heavy atom. The number of aromatic hydroxyl groups is 1. The number of halogens is 1. The predicted octanol–water partition coefficient (Wildman–Crippen LogP) is 3.24. The fraction of sp³-hybridized carbons (Fsp3) is 0.125. The van der Waals surface area contributed by atoms with E-state index >= 15 is 0 Å². The van der Waals surface area contributed by atoms with Crippen LogP contribution < -0.4 is 16.2 Å². The van der Waals surface area contributed by atoms with Gasteiger partial charge in [-0.15, -0.1) is 0 Å². The molecule has 0 aliphatic carbocycles. The minimum Gasteiger partial charge on any atom is -0.507 e. The molecule has 5 nitrogen and oxygen atoms in total. The summed E-state index contributed by atoms with van der Waals surface area (Å²) >= 11 is 11.0. The Bertz CT molecular complexity index is 737. The second-order valence-corrected chi connectivity index (χ2v) is 5.55. The van der Waals surface area contributed by atoms with Crippen molar-refractivity contribution in [3.8, 4) is 5.75 Å². The number of phenolic OH excluding ortho intramolecular Hbond substituents is 1. The van der Waals surface area contributed by atoms with Crippen LogP contribution in [0.2, 0.25) is 5.02 Å². The van der Waals surface area contributed by atoms with Crippen LogP contribution >= 0.6 is 23.8 Å². The van der Waals surface area contributed by atoms with Crippen molar-refractivity contribution in [2.24, 2.45) is 0 Å². The van der Waals surface area contributed by atoms with Gasteiger partial charge < -0.3 is 10.4 Å². The van der Waals surface area contributed by atoms with Crippen LogP contribution in [0.15, 0.2) is 42.5 Å². The average Bonchev–Trinajstić information content (AvgIpc) is 2.55. The molecule has 7 heteroatoms. The SMILES string of the molecule is CCc1ccccc1NC(=S)NNC(=O)c1cc(Cl)ccc1O. The van der Waals surface area contributed by atoms with Crippen molar-refractivity contribution >= 4 is 40.5 Å². The van der Waals surface area contributed by atoms with Gasteiger partial charge in [0, 0.05) is 10.7 Å². The first-order valence-corrected chi connectivity index (χ1v) is 7.73. The minimum atomic E-state index is -0.544. The first-order chi connectivity index (χ1) is 11.0. The van der Waals surface area contributed by atoms with Gasteiger partial charge >= 0.3 is 0 Å². The number of benzene rings is 2. The summed E-state index contributed by atoms with van der Waals surface area (Å²) in [5.41, 5.74) is 7.04. The molecule has 0 spiro atoms. The zero-order valence-corrected chi connectivity index (χ0v) is 14.0. The summed E-state index contributed by atoms with van der Waals surface area (Å²) in [6.45, 7) is 2.04. The summed E-state index contributed by atoms with van der Waals surface area (Å²) < 4.78 is 0. The highest BCUT2D eigenvalue weighted by atomic mass is 35.5. The molecule has 0 fully saturated rings. The molecule has 2 rings (SSSR count). The standard InChI is InChI=1S/C16H16ClN3O2S/c1-2-10-5-3-4-6-13(10)18-16(23)20-19-15(22)12-9-11(17)7-8-14(12)21/h3-9,21H,2H2,1H3,(H,19,22)(H2,18,20,23). The van der Waals surface area contributed by atoms with Gasteiger partial charge in [0.05, 0.1) is 5.56 Å². The van der Waals surface area contributed by atoms with Crippen molar-refractivity contribution < 1.29 is 9.90 Å². The zero-order valence-electron chi connectivity index (χ0n) is 12.4. The van der Waals surface area contributed by atoms with Gasteiger partial charge in [-0.05, 0) is 48.5 Å². The Morgan fingerprint density at radius 2 is 1.96 bits per heavy atom. The molecule has 0 atom stereocenters. The van der Waals surface area contributed by atoms with E-state index in [1.165, 1.54) is 18.2 Å². The highest BCUT2D eigenvalue weighted by Crippen LogP contribution is 2.21. The highest BCUT2D eigenvalue weighted by Gasteiger charge is 2.12. The van der Waals surface area contributed by atoms with Gasteiger partial charge in [0.2, 0.25) is 0 Å². The van der Waals surface area contributed by atoms with Crippen molar-refractivity contribution in [2.75, 3.05) is 5.32 Å². The summed E-state index contributed by atoms with van der Waals surface area (Å²) in [6, 6.07) is 12.0. The maximum Gasteiger partial charge on any atom is 0.273 e. The third-order valence-electron chi connectivity index (χ3n) is 3.14. The first kappa shape index (κ1) is 17.1. The first-order valence-electron chi connectivity index (χ1n) is 6.95. The molecular formula is C16H16ClN3O2S. The summed E-state index contributed by atoms with van der Waals surface area (Å²) in [5, 5.41) is 13.3. The molecule has 0 heterocycles. The molecule has 0 aliphatic rings. The molecule has 120 valence electrons. The number of carbonyl (C=O) groups excluding carboxylic acids is 1. The molecule has 1 amide bonds. The van der Waals surface area contributed by atoms with E-state index in [9.17, 15) is 9.90 Å². The Morgan fingerprint density at radius 1 is 1.22 bits per heavy atom. The van der Waals surface area contributed by atoms with Gasteiger partial charge in [-0.3, -0.25) is 15.6 Å². The number of hydrogen-bond acceptors (Lipinski definition) is 3. The molecule has 4 N–H and O–H groups in total. The van der Waals surface area contributed by atoms with E-state index in [0.717, 1.165) is 17.7 Å². The van der Waals surface area contributed by atoms with E-state index in [1.54, 1.807) is 0 Å². The molecule has 0 unspecified atom stereocenters. The van der Waals surface area contributed by atoms with Gasteiger partial charge in [0.15, 0.2) is 5.11 Å². The molecule has 0 saturated heterocycles. The molecule has 0 bridgehead atoms. The number of nitrogens with one attached hydrogen (secondary N) is 3. The van der Waals surface area contributed by atoms with Crippen LogP contribution in [0.25, 0.3) is 0 Å². The predicted molar refractivity (Wildman–Crippen MR) is 95.8 cm³/mol. The number of hydrogen-bond donors (Lipinski definition) is 4. The van der Waals surface area contributed by atoms with Crippen molar-refractivity contribution in [1.82, 2.24) is 10.9 Å². The molecule has 23 heavy (non-hydrogen) atoms. The zero-order chi connectivity index (χ0) is 16.8. The molecular weight excluding hydrogens is 334 g/mol. The average molecular weight is 350 g/mol. The lowest BCUT2D eigenvalue weighted by Crippen LogP contribution is -2.43. The van der Waals surface area contributed by atoms with Gasteiger partial charge in [-0.2, -0.15) is 0 Å². The van der Waals surface area contributed by atoms with E-state index in [1.807, 2.05) is 31.2 Å². The van der Waals surface area contributed by atoms with Gasteiger partial charge in [-0.1, -0.05) is 36.7 Å². The van der Waals surface area contributed by atoms with Crippen molar-refractivity contribution in [1.29, 1.82) is 0 Å². The third-order valence-corrected chi connectivity index (χ3v) is 3.58. The van der Waals surface area contributed by atoms with Crippen LogP contribution in [0.5, 0.6) is 5.75 Å². The lowest BCUT2D eigenvalue weighted by Gasteiger charge is -2.14. The number of para-hydroxylation sites is 1. The fourth-order valence-corrected chi connectivity index (χ4v) is 2.31. The topological polar surface area (TPSA) is 73.4 Å². The largest absolute Gasteiger partial charge is 0.507 e.